The molecule has 5 heteroatoms. The van der Waals surface area contributed by atoms with Crippen molar-refractivity contribution in [2.75, 3.05) is 6.54 Å². The zero-order chi connectivity index (χ0) is 11.9. The molecular weight excluding hydrogens is 232 g/mol. The highest BCUT2D eigenvalue weighted by molar-refractivity contribution is 7.05. The van der Waals surface area contributed by atoms with Crippen molar-refractivity contribution in [2.45, 2.75) is 25.8 Å². The van der Waals surface area contributed by atoms with Gasteiger partial charge in [-0.15, -0.1) is 5.10 Å². The van der Waals surface area contributed by atoms with Crippen LogP contribution in [0.1, 0.15) is 29.8 Å². The second-order valence-electron chi connectivity index (χ2n) is 3.89. The lowest BCUT2D eigenvalue weighted by atomic mass is 10.1. The highest BCUT2D eigenvalue weighted by Gasteiger charge is 2.13. The molecule has 0 aliphatic heterocycles. The van der Waals surface area contributed by atoms with Crippen LogP contribution < -0.4 is 5.32 Å². The molecule has 0 saturated heterocycles. The van der Waals surface area contributed by atoms with Crippen molar-refractivity contribution in [2.24, 2.45) is 0 Å². The first kappa shape index (κ1) is 12.1. The average molecular weight is 248 g/mol. The van der Waals surface area contributed by atoms with Crippen LogP contribution in [0.25, 0.3) is 0 Å². The van der Waals surface area contributed by atoms with Crippen LogP contribution in [0.15, 0.2) is 30.7 Å². The number of pyridine rings is 1. The van der Waals surface area contributed by atoms with Gasteiger partial charge in [0.25, 0.3) is 0 Å². The third kappa shape index (κ3) is 3.57. The summed E-state index contributed by atoms with van der Waals surface area (Å²) in [6.45, 7) is 3.18. The molecule has 2 heterocycles. The van der Waals surface area contributed by atoms with Crippen LogP contribution in [0.3, 0.4) is 0 Å². The standard InChI is InChI=1S/C12H16N4S/c1-2-5-14-11(12-9-15-16-17-12)8-10-3-6-13-7-4-10/h3-4,6-7,9,11,14H,2,5,8H2,1H3. The van der Waals surface area contributed by atoms with E-state index in [1.807, 2.05) is 18.6 Å². The van der Waals surface area contributed by atoms with Crippen LogP contribution in [-0.2, 0) is 6.42 Å². The number of aromatic nitrogens is 3. The maximum absolute atomic E-state index is 4.04. The molecular formula is C12H16N4S. The minimum absolute atomic E-state index is 0.303. The predicted octanol–water partition coefficient (Wildman–Crippen LogP) is 2.22. The van der Waals surface area contributed by atoms with E-state index < -0.39 is 0 Å². The number of nitrogens with one attached hydrogen (secondary N) is 1. The molecule has 17 heavy (non-hydrogen) atoms. The summed E-state index contributed by atoms with van der Waals surface area (Å²) < 4.78 is 3.93. The maximum atomic E-state index is 4.04. The number of rotatable bonds is 6. The molecule has 1 atom stereocenters. The quantitative estimate of drug-likeness (QED) is 0.851. The zero-order valence-corrected chi connectivity index (χ0v) is 10.7. The van der Waals surface area contributed by atoms with Crippen molar-refractivity contribution < 1.29 is 0 Å². The molecule has 0 fully saturated rings. The van der Waals surface area contributed by atoms with E-state index in [0.717, 1.165) is 19.4 Å². The highest BCUT2D eigenvalue weighted by atomic mass is 32.1. The summed E-state index contributed by atoms with van der Waals surface area (Å²) in [5.74, 6) is 0. The van der Waals surface area contributed by atoms with Crippen LogP contribution in [-0.4, -0.2) is 21.1 Å². The van der Waals surface area contributed by atoms with Crippen molar-refractivity contribution in [3.63, 3.8) is 0 Å². The molecule has 0 radical (unpaired) electrons. The Morgan fingerprint density at radius 1 is 1.35 bits per heavy atom. The van der Waals surface area contributed by atoms with Crippen molar-refractivity contribution in [3.05, 3.63) is 41.2 Å². The fourth-order valence-corrected chi connectivity index (χ4v) is 2.25. The van der Waals surface area contributed by atoms with E-state index in [4.69, 9.17) is 0 Å². The molecule has 90 valence electrons. The van der Waals surface area contributed by atoms with Crippen LogP contribution in [0.5, 0.6) is 0 Å². The summed E-state index contributed by atoms with van der Waals surface area (Å²) in [6.07, 6.45) is 7.58. The third-order valence-electron chi connectivity index (χ3n) is 2.55. The zero-order valence-electron chi connectivity index (χ0n) is 9.84. The van der Waals surface area contributed by atoms with Gasteiger partial charge in [-0.1, -0.05) is 11.4 Å². The molecule has 1 unspecified atom stereocenters. The minimum Gasteiger partial charge on any atom is -0.309 e. The Bertz CT molecular complexity index is 415. The first-order valence-corrected chi connectivity index (χ1v) is 6.57. The van der Waals surface area contributed by atoms with E-state index in [0.29, 0.717) is 6.04 Å². The van der Waals surface area contributed by atoms with Gasteiger partial charge in [0.15, 0.2) is 0 Å². The molecule has 0 bridgehead atoms. The summed E-state index contributed by atoms with van der Waals surface area (Å²) >= 11 is 1.46. The summed E-state index contributed by atoms with van der Waals surface area (Å²) in [7, 11) is 0. The Labute approximate surface area is 105 Å². The van der Waals surface area contributed by atoms with Gasteiger partial charge in [0.1, 0.15) is 0 Å². The Balaban J connectivity index is 2.06. The van der Waals surface area contributed by atoms with Gasteiger partial charge in [0.2, 0.25) is 0 Å². The lowest BCUT2D eigenvalue weighted by Crippen LogP contribution is -2.23. The van der Waals surface area contributed by atoms with E-state index >= 15 is 0 Å². The molecule has 1 N–H and O–H groups in total. The topological polar surface area (TPSA) is 50.7 Å². The van der Waals surface area contributed by atoms with Gasteiger partial charge in [-0.05, 0) is 48.6 Å². The Morgan fingerprint density at radius 3 is 2.82 bits per heavy atom. The lowest BCUT2D eigenvalue weighted by Gasteiger charge is -2.16. The van der Waals surface area contributed by atoms with Crippen molar-refractivity contribution >= 4 is 11.5 Å². The molecule has 2 aromatic heterocycles. The summed E-state index contributed by atoms with van der Waals surface area (Å²) in [5.41, 5.74) is 1.28. The van der Waals surface area contributed by atoms with Gasteiger partial charge in [-0.25, -0.2) is 0 Å². The van der Waals surface area contributed by atoms with E-state index in [2.05, 4.69) is 38.9 Å². The number of nitrogens with zero attached hydrogens (tertiary/aromatic N) is 3. The van der Waals surface area contributed by atoms with E-state index in [1.54, 1.807) is 0 Å². The summed E-state index contributed by atoms with van der Waals surface area (Å²) in [6, 6.07) is 4.40. The lowest BCUT2D eigenvalue weighted by molar-refractivity contribution is 0.535. The van der Waals surface area contributed by atoms with Gasteiger partial charge >= 0.3 is 0 Å². The molecule has 0 aliphatic carbocycles. The second kappa shape index (κ2) is 6.42. The summed E-state index contributed by atoms with van der Waals surface area (Å²) in [5, 5.41) is 7.44. The Kier molecular flexibility index (Phi) is 4.58. The van der Waals surface area contributed by atoms with Crippen molar-refractivity contribution in [1.82, 2.24) is 19.9 Å². The molecule has 0 amide bonds. The molecule has 2 aromatic rings. The normalized spacial score (nSPS) is 12.5. The van der Waals surface area contributed by atoms with Crippen LogP contribution in [0.4, 0.5) is 0 Å². The first-order chi connectivity index (χ1) is 8.40. The monoisotopic (exact) mass is 248 g/mol. The summed E-state index contributed by atoms with van der Waals surface area (Å²) in [4.78, 5) is 5.23. The third-order valence-corrected chi connectivity index (χ3v) is 3.33. The molecule has 0 aliphatic rings. The Hall–Kier alpha value is -1.33. The predicted molar refractivity (Wildman–Crippen MR) is 68.9 cm³/mol. The molecule has 0 spiro atoms. The highest BCUT2D eigenvalue weighted by Crippen LogP contribution is 2.20. The fourth-order valence-electron chi connectivity index (χ4n) is 1.67. The van der Waals surface area contributed by atoms with Crippen LogP contribution in [0.2, 0.25) is 0 Å². The molecule has 4 nitrogen and oxygen atoms in total. The van der Waals surface area contributed by atoms with Crippen molar-refractivity contribution in [1.29, 1.82) is 0 Å². The van der Waals surface area contributed by atoms with Gasteiger partial charge in [0, 0.05) is 18.4 Å². The maximum Gasteiger partial charge on any atom is 0.0669 e. The first-order valence-electron chi connectivity index (χ1n) is 5.79. The van der Waals surface area contributed by atoms with E-state index in [-0.39, 0.29) is 0 Å². The van der Waals surface area contributed by atoms with Crippen LogP contribution in [0, 0.1) is 0 Å². The average Bonchev–Trinajstić information content (AvgIpc) is 2.89. The largest absolute Gasteiger partial charge is 0.309 e. The smallest absolute Gasteiger partial charge is 0.0669 e. The number of hydrogen-bond acceptors (Lipinski definition) is 5. The Morgan fingerprint density at radius 2 is 2.18 bits per heavy atom. The van der Waals surface area contributed by atoms with Gasteiger partial charge in [-0.3, -0.25) is 4.98 Å². The van der Waals surface area contributed by atoms with Gasteiger partial charge < -0.3 is 5.32 Å². The fraction of sp³-hybridized carbons (Fsp3) is 0.417. The molecule has 0 saturated carbocycles. The van der Waals surface area contributed by atoms with Gasteiger partial charge in [-0.2, -0.15) is 0 Å². The molecule has 0 aromatic carbocycles. The van der Waals surface area contributed by atoms with E-state index in [9.17, 15) is 0 Å². The SMILES string of the molecule is CCCNC(Cc1ccncc1)c1cnns1. The van der Waals surface area contributed by atoms with E-state index in [1.165, 1.54) is 22.0 Å². The van der Waals surface area contributed by atoms with Crippen molar-refractivity contribution in [3.8, 4) is 0 Å². The van der Waals surface area contributed by atoms with Crippen LogP contribution >= 0.6 is 11.5 Å². The minimum atomic E-state index is 0.303. The van der Waals surface area contributed by atoms with Gasteiger partial charge in [0.05, 0.1) is 11.1 Å². The number of hydrogen-bond donors (Lipinski definition) is 1. The second-order valence-corrected chi connectivity index (χ2v) is 4.70. The molecule has 2 rings (SSSR count).